The van der Waals surface area contributed by atoms with Crippen LogP contribution in [0.1, 0.15) is 33.1 Å². The summed E-state index contributed by atoms with van der Waals surface area (Å²) in [7, 11) is 0. The number of ether oxygens (including phenoxy) is 1. The van der Waals surface area contributed by atoms with Gasteiger partial charge in [-0.25, -0.2) is 0 Å². The summed E-state index contributed by atoms with van der Waals surface area (Å²) in [5, 5.41) is 7.65. The number of nitrogens with one attached hydrogen (secondary N) is 1. The van der Waals surface area contributed by atoms with Gasteiger partial charge in [-0.3, -0.25) is 5.41 Å². The van der Waals surface area contributed by atoms with Crippen LogP contribution in [0.15, 0.2) is 49.1 Å². The summed E-state index contributed by atoms with van der Waals surface area (Å²) in [4.78, 5) is 0. The van der Waals surface area contributed by atoms with Gasteiger partial charge >= 0.3 is 6.18 Å². The van der Waals surface area contributed by atoms with Crippen molar-refractivity contribution < 1.29 is 17.9 Å². The lowest BCUT2D eigenvalue weighted by Crippen LogP contribution is -2.27. The van der Waals surface area contributed by atoms with E-state index in [4.69, 9.17) is 10.1 Å². The zero-order valence-electron chi connectivity index (χ0n) is 13.1. The van der Waals surface area contributed by atoms with Crippen molar-refractivity contribution >= 4 is 5.90 Å². The van der Waals surface area contributed by atoms with Crippen LogP contribution < -0.4 is 0 Å². The molecule has 0 rings (SSSR count). The lowest BCUT2D eigenvalue weighted by Gasteiger charge is -2.22. The molecule has 0 saturated heterocycles. The topological polar surface area (TPSA) is 33.1 Å². The Morgan fingerprint density at radius 3 is 2.36 bits per heavy atom. The zero-order valence-corrected chi connectivity index (χ0v) is 13.1. The van der Waals surface area contributed by atoms with Crippen LogP contribution in [0.5, 0.6) is 0 Å². The molecule has 2 atom stereocenters. The van der Waals surface area contributed by atoms with Gasteiger partial charge in [0.1, 0.15) is 11.7 Å². The average molecular weight is 315 g/mol. The quantitative estimate of drug-likeness (QED) is 0.256. The highest BCUT2D eigenvalue weighted by Gasteiger charge is 2.38. The Morgan fingerprint density at radius 1 is 1.27 bits per heavy atom. The van der Waals surface area contributed by atoms with E-state index in [1.165, 1.54) is 18.2 Å². The van der Waals surface area contributed by atoms with Crippen LogP contribution in [-0.4, -0.2) is 18.2 Å². The molecule has 0 aliphatic rings. The van der Waals surface area contributed by atoms with E-state index in [9.17, 15) is 13.2 Å². The molecule has 0 aromatic heterocycles. The number of alkyl halides is 3. The maximum atomic E-state index is 13.0. The van der Waals surface area contributed by atoms with Gasteiger partial charge in [0.05, 0.1) is 0 Å². The standard InChI is InChI=1S/C17H24F3NO/c1-5-8-9-11-15(17(18,19)20)16(21)22-14(10-6-2)12-13(4)7-3/h5,7-9,11,13-14,21H,1,3,6,10,12H2,2,4H3/b9-8-,15-11+,21-16?/t13-,14-/m1/s1. The first-order valence-corrected chi connectivity index (χ1v) is 7.20. The average Bonchev–Trinajstić information content (AvgIpc) is 2.42. The summed E-state index contributed by atoms with van der Waals surface area (Å²) in [5.74, 6) is -0.737. The molecular weight excluding hydrogens is 291 g/mol. The van der Waals surface area contributed by atoms with Crippen LogP contribution in [0.25, 0.3) is 0 Å². The van der Waals surface area contributed by atoms with Crippen molar-refractivity contribution in [1.29, 1.82) is 5.41 Å². The Kier molecular flexibility index (Phi) is 9.22. The lowest BCUT2D eigenvalue weighted by molar-refractivity contribution is -0.0885. The number of allylic oxidation sites excluding steroid dienone is 5. The first-order chi connectivity index (χ1) is 10.3. The molecule has 22 heavy (non-hydrogen) atoms. The van der Waals surface area contributed by atoms with E-state index in [1.807, 2.05) is 13.8 Å². The molecule has 2 nitrogen and oxygen atoms in total. The van der Waals surface area contributed by atoms with E-state index >= 15 is 0 Å². The molecule has 0 saturated carbocycles. The van der Waals surface area contributed by atoms with Crippen LogP contribution in [-0.2, 0) is 4.74 Å². The maximum Gasteiger partial charge on any atom is 0.421 e. The number of rotatable bonds is 9. The molecule has 0 bridgehead atoms. The number of hydrogen-bond acceptors (Lipinski definition) is 2. The minimum absolute atomic E-state index is 0.114. The second-order valence-electron chi connectivity index (χ2n) is 5.01. The molecule has 0 spiro atoms. The number of halogens is 3. The Bertz CT molecular complexity index is 436. The van der Waals surface area contributed by atoms with Crippen molar-refractivity contribution in [3.05, 3.63) is 49.1 Å². The highest BCUT2D eigenvalue weighted by Crippen LogP contribution is 2.28. The third kappa shape index (κ3) is 7.86. The van der Waals surface area contributed by atoms with E-state index < -0.39 is 23.8 Å². The van der Waals surface area contributed by atoms with Gasteiger partial charge in [0.15, 0.2) is 0 Å². The Morgan fingerprint density at radius 2 is 1.91 bits per heavy atom. The molecule has 0 aromatic carbocycles. The first kappa shape index (κ1) is 20.2. The molecular formula is C17H24F3NO. The third-order valence-electron chi connectivity index (χ3n) is 2.99. The van der Waals surface area contributed by atoms with Crippen molar-refractivity contribution in [2.45, 2.75) is 45.4 Å². The normalized spacial score (nSPS) is 15.4. The van der Waals surface area contributed by atoms with E-state index in [0.29, 0.717) is 12.8 Å². The van der Waals surface area contributed by atoms with Gasteiger partial charge < -0.3 is 4.74 Å². The van der Waals surface area contributed by atoms with Crippen LogP contribution in [0, 0.1) is 11.3 Å². The molecule has 0 amide bonds. The van der Waals surface area contributed by atoms with Crippen molar-refractivity contribution in [1.82, 2.24) is 0 Å². The van der Waals surface area contributed by atoms with Gasteiger partial charge in [0, 0.05) is 0 Å². The van der Waals surface area contributed by atoms with E-state index in [0.717, 1.165) is 12.5 Å². The first-order valence-electron chi connectivity index (χ1n) is 7.20. The van der Waals surface area contributed by atoms with Crippen molar-refractivity contribution in [3.63, 3.8) is 0 Å². The lowest BCUT2D eigenvalue weighted by atomic mass is 10.0. The largest absolute Gasteiger partial charge is 0.474 e. The molecule has 0 unspecified atom stereocenters. The molecule has 1 N–H and O–H groups in total. The molecule has 0 aromatic rings. The van der Waals surface area contributed by atoms with Gasteiger partial charge in [-0.05, 0) is 24.8 Å². The minimum Gasteiger partial charge on any atom is -0.474 e. The predicted octanol–water partition coefficient (Wildman–Crippen LogP) is 5.59. The van der Waals surface area contributed by atoms with Crippen molar-refractivity contribution in [2.24, 2.45) is 5.92 Å². The SMILES string of the molecule is C=C/C=C\C=C(/C(=N)O[C@H](CCC)C[C@H](C)C=C)C(F)(F)F. The molecule has 5 heteroatoms. The minimum atomic E-state index is -4.64. The second-order valence-corrected chi connectivity index (χ2v) is 5.01. The number of hydrogen-bond donors (Lipinski definition) is 1. The van der Waals surface area contributed by atoms with Crippen LogP contribution in [0.4, 0.5) is 13.2 Å². The molecule has 0 radical (unpaired) electrons. The Balaban J connectivity index is 5.12. The molecule has 0 aliphatic carbocycles. The third-order valence-corrected chi connectivity index (χ3v) is 2.99. The highest BCUT2D eigenvalue weighted by atomic mass is 19.4. The fourth-order valence-electron chi connectivity index (χ4n) is 1.82. The fourth-order valence-corrected chi connectivity index (χ4v) is 1.82. The smallest absolute Gasteiger partial charge is 0.421 e. The van der Waals surface area contributed by atoms with Gasteiger partial charge in [-0.1, -0.05) is 51.2 Å². The summed E-state index contributed by atoms with van der Waals surface area (Å²) in [6.45, 7) is 10.9. The highest BCUT2D eigenvalue weighted by molar-refractivity contribution is 5.92. The summed E-state index contributed by atoms with van der Waals surface area (Å²) in [6, 6.07) is 0. The summed E-state index contributed by atoms with van der Waals surface area (Å²) < 4.78 is 44.3. The van der Waals surface area contributed by atoms with Gasteiger partial charge in [-0.15, -0.1) is 6.58 Å². The summed E-state index contributed by atoms with van der Waals surface area (Å²) in [6.07, 6.45) is 3.29. The Hall–Kier alpha value is -1.78. The van der Waals surface area contributed by atoms with Gasteiger partial charge in [0.25, 0.3) is 0 Å². The van der Waals surface area contributed by atoms with Gasteiger partial charge in [-0.2, -0.15) is 13.2 Å². The predicted molar refractivity (Wildman–Crippen MR) is 85.0 cm³/mol. The second kappa shape index (κ2) is 10.0. The van der Waals surface area contributed by atoms with E-state index in [-0.39, 0.29) is 5.92 Å². The zero-order chi connectivity index (χ0) is 17.2. The van der Waals surface area contributed by atoms with E-state index in [2.05, 4.69) is 13.2 Å². The Labute approximate surface area is 130 Å². The molecule has 0 heterocycles. The molecule has 124 valence electrons. The van der Waals surface area contributed by atoms with Crippen molar-refractivity contribution in [2.75, 3.05) is 0 Å². The van der Waals surface area contributed by atoms with Crippen LogP contribution in [0.2, 0.25) is 0 Å². The van der Waals surface area contributed by atoms with E-state index in [1.54, 1.807) is 6.08 Å². The van der Waals surface area contributed by atoms with Crippen molar-refractivity contribution in [3.8, 4) is 0 Å². The molecule has 0 aliphatic heterocycles. The van der Waals surface area contributed by atoms with Gasteiger partial charge in [0.2, 0.25) is 5.90 Å². The monoisotopic (exact) mass is 315 g/mol. The molecule has 0 fully saturated rings. The fraction of sp³-hybridized carbons (Fsp3) is 0.471. The summed E-state index contributed by atoms with van der Waals surface area (Å²) >= 11 is 0. The van der Waals surface area contributed by atoms with Crippen LogP contribution in [0.3, 0.4) is 0 Å². The van der Waals surface area contributed by atoms with Crippen LogP contribution >= 0.6 is 0 Å². The maximum absolute atomic E-state index is 13.0. The summed E-state index contributed by atoms with van der Waals surface area (Å²) in [5.41, 5.74) is -1.10.